The molecule has 0 fully saturated rings. The molecular weight excluding hydrogens is 144 g/mol. The molecule has 66 valence electrons. The highest BCUT2D eigenvalue weighted by Gasteiger charge is 2.37. The van der Waals surface area contributed by atoms with Crippen LogP contribution in [-0.2, 0) is 4.79 Å². The SMILES string of the molecule is CC(C)C(C)C(C)(O)C(=O)O. The predicted molar refractivity (Wildman–Crippen MR) is 42.3 cm³/mol. The van der Waals surface area contributed by atoms with Crippen molar-refractivity contribution in [2.75, 3.05) is 0 Å². The van der Waals surface area contributed by atoms with E-state index in [-0.39, 0.29) is 11.8 Å². The molecule has 0 saturated carbocycles. The predicted octanol–water partition coefficient (Wildman–Crippen LogP) is 1.11. The van der Waals surface area contributed by atoms with Gasteiger partial charge in [-0.25, -0.2) is 4.79 Å². The Bertz CT molecular complexity index is 149. The molecular formula is C8H16O3. The Labute approximate surface area is 67.0 Å². The second-order valence-corrected chi connectivity index (χ2v) is 3.49. The molecule has 3 nitrogen and oxygen atoms in total. The Kier molecular flexibility index (Phi) is 3.05. The number of carboxylic acid groups (broad SMARTS) is 1. The van der Waals surface area contributed by atoms with Crippen LogP contribution in [0.1, 0.15) is 27.7 Å². The molecule has 0 aliphatic heterocycles. The van der Waals surface area contributed by atoms with Gasteiger partial charge in [-0.15, -0.1) is 0 Å². The van der Waals surface area contributed by atoms with Crippen LogP contribution in [-0.4, -0.2) is 21.8 Å². The van der Waals surface area contributed by atoms with Crippen LogP contribution in [0.15, 0.2) is 0 Å². The van der Waals surface area contributed by atoms with Gasteiger partial charge in [0, 0.05) is 0 Å². The van der Waals surface area contributed by atoms with Gasteiger partial charge in [0.05, 0.1) is 0 Å². The van der Waals surface area contributed by atoms with E-state index in [0.717, 1.165) is 0 Å². The highest BCUT2D eigenvalue weighted by atomic mass is 16.4. The summed E-state index contributed by atoms with van der Waals surface area (Å²) in [5.41, 5.74) is -1.60. The summed E-state index contributed by atoms with van der Waals surface area (Å²) in [6.45, 7) is 6.85. The van der Waals surface area contributed by atoms with Crippen LogP contribution in [0, 0.1) is 11.8 Å². The summed E-state index contributed by atoms with van der Waals surface area (Å²) in [5.74, 6) is -1.22. The fourth-order valence-corrected chi connectivity index (χ4v) is 0.844. The molecule has 0 radical (unpaired) electrons. The van der Waals surface area contributed by atoms with Crippen LogP contribution in [0.4, 0.5) is 0 Å². The van der Waals surface area contributed by atoms with E-state index in [2.05, 4.69) is 0 Å². The first-order chi connectivity index (χ1) is 4.80. The van der Waals surface area contributed by atoms with E-state index < -0.39 is 11.6 Å². The molecule has 0 aliphatic rings. The minimum Gasteiger partial charge on any atom is -0.479 e. The van der Waals surface area contributed by atoms with Crippen molar-refractivity contribution in [3.8, 4) is 0 Å². The van der Waals surface area contributed by atoms with Gasteiger partial charge in [0.2, 0.25) is 0 Å². The molecule has 0 aromatic rings. The molecule has 11 heavy (non-hydrogen) atoms. The first kappa shape index (κ1) is 10.4. The van der Waals surface area contributed by atoms with Crippen LogP contribution in [0.5, 0.6) is 0 Å². The van der Waals surface area contributed by atoms with E-state index in [0.29, 0.717) is 0 Å². The Hall–Kier alpha value is -0.570. The van der Waals surface area contributed by atoms with Gasteiger partial charge < -0.3 is 10.2 Å². The van der Waals surface area contributed by atoms with Gasteiger partial charge in [-0.3, -0.25) is 0 Å². The third-order valence-electron chi connectivity index (χ3n) is 2.32. The summed E-state index contributed by atoms with van der Waals surface area (Å²) in [4.78, 5) is 10.5. The van der Waals surface area contributed by atoms with E-state index in [9.17, 15) is 9.90 Å². The highest BCUT2D eigenvalue weighted by molar-refractivity contribution is 5.76. The van der Waals surface area contributed by atoms with Crippen molar-refractivity contribution in [1.82, 2.24) is 0 Å². The van der Waals surface area contributed by atoms with Crippen LogP contribution >= 0.6 is 0 Å². The maximum atomic E-state index is 10.5. The number of hydrogen-bond donors (Lipinski definition) is 2. The van der Waals surface area contributed by atoms with Crippen molar-refractivity contribution in [3.63, 3.8) is 0 Å². The Morgan fingerprint density at radius 1 is 1.36 bits per heavy atom. The third kappa shape index (κ3) is 2.19. The van der Waals surface area contributed by atoms with Gasteiger partial charge in [-0.05, 0) is 18.8 Å². The molecule has 0 saturated heterocycles. The maximum Gasteiger partial charge on any atom is 0.335 e. The van der Waals surface area contributed by atoms with E-state index in [1.54, 1.807) is 6.92 Å². The number of carbonyl (C=O) groups is 1. The van der Waals surface area contributed by atoms with Crippen molar-refractivity contribution in [2.24, 2.45) is 11.8 Å². The van der Waals surface area contributed by atoms with E-state index in [1.165, 1.54) is 6.92 Å². The van der Waals surface area contributed by atoms with E-state index in [4.69, 9.17) is 5.11 Å². The van der Waals surface area contributed by atoms with Gasteiger partial charge in [-0.1, -0.05) is 20.8 Å². The number of aliphatic carboxylic acids is 1. The molecule has 3 heteroatoms. The third-order valence-corrected chi connectivity index (χ3v) is 2.32. The van der Waals surface area contributed by atoms with Crippen molar-refractivity contribution in [3.05, 3.63) is 0 Å². The lowest BCUT2D eigenvalue weighted by molar-refractivity contribution is -0.163. The van der Waals surface area contributed by atoms with Crippen molar-refractivity contribution >= 4 is 5.97 Å². The highest BCUT2D eigenvalue weighted by Crippen LogP contribution is 2.24. The molecule has 2 N–H and O–H groups in total. The molecule has 0 amide bonds. The minimum atomic E-state index is -1.60. The van der Waals surface area contributed by atoms with Gasteiger partial charge >= 0.3 is 5.97 Å². The van der Waals surface area contributed by atoms with Crippen molar-refractivity contribution < 1.29 is 15.0 Å². The molecule has 0 aromatic heterocycles. The second-order valence-electron chi connectivity index (χ2n) is 3.49. The standard InChI is InChI=1S/C8H16O3/c1-5(2)6(3)8(4,11)7(9)10/h5-6,11H,1-4H3,(H,9,10). The van der Waals surface area contributed by atoms with Gasteiger partial charge in [0.15, 0.2) is 5.60 Å². The Balaban J connectivity index is 4.42. The lowest BCUT2D eigenvalue weighted by Gasteiger charge is -2.28. The van der Waals surface area contributed by atoms with E-state index >= 15 is 0 Å². The topological polar surface area (TPSA) is 57.5 Å². The molecule has 0 spiro atoms. The molecule has 0 bridgehead atoms. The van der Waals surface area contributed by atoms with Crippen molar-refractivity contribution in [2.45, 2.75) is 33.3 Å². The largest absolute Gasteiger partial charge is 0.479 e. The molecule has 0 aromatic carbocycles. The Morgan fingerprint density at radius 3 is 1.82 bits per heavy atom. The number of rotatable bonds is 3. The zero-order valence-electron chi connectivity index (χ0n) is 7.46. The van der Waals surface area contributed by atoms with Crippen LogP contribution in [0.3, 0.4) is 0 Å². The minimum absolute atomic E-state index is 0.168. The summed E-state index contributed by atoms with van der Waals surface area (Å²) in [6, 6.07) is 0. The quantitative estimate of drug-likeness (QED) is 0.650. The molecule has 2 unspecified atom stereocenters. The molecule has 0 aliphatic carbocycles. The fourth-order valence-electron chi connectivity index (χ4n) is 0.844. The summed E-state index contributed by atoms with van der Waals surface area (Å²) in [6.07, 6.45) is 0. The zero-order valence-corrected chi connectivity index (χ0v) is 7.46. The number of carboxylic acids is 1. The number of aliphatic hydroxyl groups is 1. The van der Waals surface area contributed by atoms with Crippen LogP contribution in [0.2, 0.25) is 0 Å². The first-order valence-electron chi connectivity index (χ1n) is 3.76. The van der Waals surface area contributed by atoms with Gasteiger partial charge in [-0.2, -0.15) is 0 Å². The summed E-state index contributed by atoms with van der Waals surface area (Å²) >= 11 is 0. The monoisotopic (exact) mass is 160 g/mol. The molecule has 0 rings (SSSR count). The first-order valence-corrected chi connectivity index (χ1v) is 3.76. The average molecular weight is 160 g/mol. The lowest BCUT2D eigenvalue weighted by Crippen LogP contribution is -2.43. The summed E-state index contributed by atoms with van der Waals surface area (Å²) in [7, 11) is 0. The molecule has 0 heterocycles. The zero-order chi connectivity index (χ0) is 9.23. The second kappa shape index (κ2) is 3.22. The summed E-state index contributed by atoms with van der Waals surface area (Å²) in [5, 5.41) is 18.0. The summed E-state index contributed by atoms with van der Waals surface area (Å²) < 4.78 is 0. The van der Waals surface area contributed by atoms with Crippen LogP contribution < -0.4 is 0 Å². The normalized spacial score (nSPS) is 19.5. The maximum absolute atomic E-state index is 10.5. The fraction of sp³-hybridized carbons (Fsp3) is 0.875. The molecule has 2 atom stereocenters. The van der Waals surface area contributed by atoms with Crippen LogP contribution in [0.25, 0.3) is 0 Å². The lowest BCUT2D eigenvalue weighted by atomic mass is 9.82. The Morgan fingerprint density at radius 2 is 1.73 bits per heavy atom. The smallest absolute Gasteiger partial charge is 0.335 e. The average Bonchev–Trinajstić information content (AvgIpc) is 1.85. The van der Waals surface area contributed by atoms with Gasteiger partial charge in [0.25, 0.3) is 0 Å². The number of hydrogen-bond acceptors (Lipinski definition) is 2. The van der Waals surface area contributed by atoms with Gasteiger partial charge in [0.1, 0.15) is 0 Å². The van der Waals surface area contributed by atoms with E-state index in [1.807, 2.05) is 13.8 Å². The van der Waals surface area contributed by atoms with Crippen molar-refractivity contribution in [1.29, 1.82) is 0 Å².